The molecule has 134 valence electrons. The predicted molar refractivity (Wildman–Crippen MR) is 94.0 cm³/mol. The van der Waals surface area contributed by atoms with Gasteiger partial charge in [-0.25, -0.2) is 4.79 Å². The van der Waals surface area contributed by atoms with E-state index in [0.717, 1.165) is 0 Å². The Bertz CT molecular complexity index is 836. The SMILES string of the molecule is COc1ccc(C(C)=O)cc1COC(=O)[C@H](C)Oc1ccc(C#N)cc1. The number of ether oxygens (including phenoxy) is 3. The molecule has 0 aliphatic heterocycles. The molecule has 6 heteroatoms. The Morgan fingerprint density at radius 1 is 1.15 bits per heavy atom. The first kappa shape index (κ1) is 19.0. The molecule has 0 fully saturated rings. The molecule has 0 radical (unpaired) electrons. The summed E-state index contributed by atoms with van der Waals surface area (Å²) < 4.78 is 16.0. The van der Waals surface area contributed by atoms with Crippen LogP contribution in [0.5, 0.6) is 11.5 Å². The zero-order chi connectivity index (χ0) is 19.1. The van der Waals surface area contributed by atoms with Crippen LogP contribution in [0, 0.1) is 11.3 Å². The Balaban J connectivity index is 1.99. The minimum Gasteiger partial charge on any atom is -0.496 e. The summed E-state index contributed by atoms with van der Waals surface area (Å²) in [4.78, 5) is 23.7. The molecule has 2 rings (SSSR count). The second-order valence-electron chi connectivity index (χ2n) is 5.59. The molecule has 0 aliphatic carbocycles. The first-order chi connectivity index (χ1) is 12.4. The fourth-order valence-corrected chi connectivity index (χ4v) is 2.24. The van der Waals surface area contributed by atoms with E-state index in [2.05, 4.69) is 0 Å². The summed E-state index contributed by atoms with van der Waals surface area (Å²) in [5.41, 5.74) is 1.61. The largest absolute Gasteiger partial charge is 0.496 e. The Hall–Kier alpha value is -3.33. The van der Waals surface area contributed by atoms with Gasteiger partial charge in [-0.05, 0) is 56.3 Å². The van der Waals surface area contributed by atoms with Gasteiger partial charge in [0, 0.05) is 11.1 Å². The first-order valence-electron chi connectivity index (χ1n) is 7.96. The van der Waals surface area contributed by atoms with Gasteiger partial charge in [-0.15, -0.1) is 0 Å². The third-order valence-electron chi connectivity index (χ3n) is 3.69. The van der Waals surface area contributed by atoms with Crippen LogP contribution < -0.4 is 9.47 Å². The summed E-state index contributed by atoms with van der Waals surface area (Å²) in [6.45, 7) is 3.00. The smallest absolute Gasteiger partial charge is 0.347 e. The van der Waals surface area contributed by atoms with Crippen LogP contribution in [0.3, 0.4) is 0 Å². The van der Waals surface area contributed by atoms with Gasteiger partial charge in [0.2, 0.25) is 0 Å². The molecule has 0 aromatic heterocycles. The van der Waals surface area contributed by atoms with E-state index in [1.807, 2.05) is 6.07 Å². The third kappa shape index (κ3) is 4.84. The minimum atomic E-state index is -0.829. The molecule has 0 unspecified atom stereocenters. The Labute approximate surface area is 151 Å². The lowest BCUT2D eigenvalue weighted by molar-refractivity contribution is -0.152. The molecule has 0 saturated carbocycles. The maximum atomic E-state index is 12.2. The number of hydrogen-bond donors (Lipinski definition) is 0. The molecule has 0 N–H and O–H groups in total. The van der Waals surface area contributed by atoms with Crippen molar-refractivity contribution in [1.82, 2.24) is 0 Å². The van der Waals surface area contributed by atoms with Gasteiger partial charge in [0.05, 0.1) is 18.7 Å². The number of nitriles is 1. The number of hydrogen-bond acceptors (Lipinski definition) is 6. The zero-order valence-corrected chi connectivity index (χ0v) is 14.8. The lowest BCUT2D eigenvalue weighted by Gasteiger charge is -2.15. The van der Waals surface area contributed by atoms with Crippen LogP contribution in [0.1, 0.15) is 35.3 Å². The molecule has 2 aromatic carbocycles. The Morgan fingerprint density at radius 3 is 2.42 bits per heavy atom. The summed E-state index contributed by atoms with van der Waals surface area (Å²) in [6, 6.07) is 13.4. The topological polar surface area (TPSA) is 85.6 Å². The van der Waals surface area contributed by atoms with Crippen molar-refractivity contribution in [2.24, 2.45) is 0 Å². The second kappa shape index (κ2) is 8.67. The summed E-state index contributed by atoms with van der Waals surface area (Å²) in [5, 5.41) is 8.78. The fourth-order valence-electron chi connectivity index (χ4n) is 2.24. The number of ketones is 1. The number of rotatable bonds is 7. The highest BCUT2D eigenvalue weighted by atomic mass is 16.6. The van der Waals surface area contributed by atoms with Crippen molar-refractivity contribution in [3.63, 3.8) is 0 Å². The molecule has 0 heterocycles. The van der Waals surface area contributed by atoms with Crippen molar-refractivity contribution in [3.8, 4) is 17.6 Å². The van der Waals surface area contributed by atoms with Crippen LogP contribution in [0.15, 0.2) is 42.5 Å². The lowest BCUT2D eigenvalue weighted by Crippen LogP contribution is -2.26. The first-order valence-corrected chi connectivity index (χ1v) is 7.96. The fraction of sp³-hybridized carbons (Fsp3) is 0.250. The van der Waals surface area contributed by atoms with Crippen LogP contribution >= 0.6 is 0 Å². The number of methoxy groups -OCH3 is 1. The molecular formula is C20H19NO5. The number of benzene rings is 2. The second-order valence-corrected chi connectivity index (χ2v) is 5.59. The summed E-state index contributed by atoms with van der Waals surface area (Å²) in [7, 11) is 1.50. The maximum absolute atomic E-state index is 12.2. The van der Waals surface area contributed by atoms with Gasteiger partial charge in [-0.1, -0.05) is 0 Å². The van der Waals surface area contributed by atoms with Crippen molar-refractivity contribution >= 4 is 11.8 Å². The van der Waals surface area contributed by atoms with E-state index in [4.69, 9.17) is 19.5 Å². The average molecular weight is 353 g/mol. The normalized spacial score (nSPS) is 11.2. The van der Waals surface area contributed by atoms with Gasteiger partial charge in [-0.2, -0.15) is 5.26 Å². The predicted octanol–water partition coefficient (Wildman–Crippen LogP) is 3.28. The molecule has 0 spiro atoms. The Morgan fingerprint density at radius 2 is 1.85 bits per heavy atom. The molecule has 6 nitrogen and oxygen atoms in total. The maximum Gasteiger partial charge on any atom is 0.347 e. The molecule has 0 bridgehead atoms. The number of esters is 1. The standard InChI is InChI=1S/C20H19NO5/c1-13(22)16-6-9-19(24-3)17(10-16)12-25-20(23)14(2)26-18-7-4-15(11-21)5-8-18/h4-10,14H,12H2,1-3H3/t14-/m0/s1. The highest BCUT2D eigenvalue weighted by Gasteiger charge is 2.18. The van der Waals surface area contributed by atoms with E-state index < -0.39 is 12.1 Å². The molecule has 0 amide bonds. The summed E-state index contributed by atoms with van der Waals surface area (Å²) >= 11 is 0. The van der Waals surface area contributed by atoms with Crippen LogP contribution in [-0.4, -0.2) is 25.0 Å². The van der Waals surface area contributed by atoms with E-state index in [0.29, 0.717) is 28.2 Å². The van der Waals surface area contributed by atoms with E-state index >= 15 is 0 Å². The van der Waals surface area contributed by atoms with E-state index in [9.17, 15) is 9.59 Å². The summed E-state index contributed by atoms with van der Waals surface area (Å²) in [5.74, 6) is 0.357. The van der Waals surface area contributed by atoms with E-state index in [-0.39, 0.29) is 12.4 Å². The van der Waals surface area contributed by atoms with Gasteiger partial charge in [-0.3, -0.25) is 4.79 Å². The van der Waals surface area contributed by atoms with Crippen LogP contribution in [0.25, 0.3) is 0 Å². The monoisotopic (exact) mass is 353 g/mol. The van der Waals surface area contributed by atoms with Gasteiger partial charge in [0.25, 0.3) is 0 Å². The molecule has 26 heavy (non-hydrogen) atoms. The molecular weight excluding hydrogens is 334 g/mol. The van der Waals surface area contributed by atoms with Gasteiger partial charge >= 0.3 is 5.97 Å². The molecule has 2 aromatic rings. The van der Waals surface area contributed by atoms with E-state index in [1.165, 1.54) is 14.0 Å². The van der Waals surface area contributed by atoms with E-state index in [1.54, 1.807) is 49.4 Å². The van der Waals surface area contributed by atoms with Crippen molar-refractivity contribution < 1.29 is 23.8 Å². The van der Waals surface area contributed by atoms with Gasteiger partial charge in [0.15, 0.2) is 11.9 Å². The quantitative estimate of drug-likeness (QED) is 0.561. The van der Waals surface area contributed by atoms with Gasteiger partial charge in [0.1, 0.15) is 18.1 Å². The number of carbonyl (C=O) groups excluding carboxylic acids is 2. The van der Waals surface area contributed by atoms with Crippen molar-refractivity contribution in [1.29, 1.82) is 5.26 Å². The molecule has 1 atom stereocenters. The van der Waals surface area contributed by atoms with Crippen LogP contribution in [0.4, 0.5) is 0 Å². The van der Waals surface area contributed by atoms with Crippen LogP contribution in [-0.2, 0) is 16.1 Å². The summed E-state index contributed by atoms with van der Waals surface area (Å²) in [6.07, 6.45) is -0.829. The molecule has 0 saturated heterocycles. The highest BCUT2D eigenvalue weighted by Crippen LogP contribution is 2.22. The Kier molecular flexibility index (Phi) is 6.34. The van der Waals surface area contributed by atoms with Crippen molar-refractivity contribution in [2.45, 2.75) is 26.6 Å². The van der Waals surface area contributed by atoms with Crippen molar-refractivity contribution in [2.75, 3.05) is 7.11 Å². The third-order valence-corrected chi connectivity index (χ3v) is 3.69. The van der Waals surface area contributed by atoms with Crippen molar-refractivity contribution in [3.05, 3.63) is 59.2 Å². The highest BCUT2D eigenvalue weighted by molar-refractivity contribution is 5.94. The molecule has 0 aliphatic rings. The van der Waals surface area contributed by atoms with Gasteiger partial charge < -0.3 is 14.2 Å². The minimum absolute atomic E-state index is 0.0375. The number of Topliss-reactive ketones (excluding diaryl/α,β-unsaturated/α-hetero) is 1. The average Bonchev–Trinajstić information content (AvgIpc) is 2.66. The zero-order valence-electron chi connectivity index (χ0n) is 14.8. The number of nitrogens with zero attached hydrogens (tertiary/aromatic N) is 1. The van der Waals surface area contributed by atoms with Crippen LogP contribution in [0.2, 0.25) is 0 Å². The number of carbonyl (C=O) groups is 2. The lowest BCUT2D eigenvalue weighted by atomic mass is 10.1.